The highest BCUT2D eigenvalue weighted by atomic mass is 16.5. The predicted octanol–water partition coefficient (Wildman–Crippen LogP) is 2.34. The Balaban J connectivity index is 1.72. The van der Waals surface area contributed by atoms with E-state index in [1.807, 2.05) is 6.07 Å². The third-order valence-corrected chi connectivity index (χ3v) is 3.50. The topological polar surface area (TPSA) is 73.6 Å². The van der Waals surface area contributed by atoms with Crippen LogP contribution in [0.15, 0.2) is 22.6 Å². The fourth-order valence-corrected chi connectivity index (χ4v) is 2.43. The summed E-state index contributed by atoms with van der Waals surface area (Å²) in [6.07, 6.45) is 1.80. The first-order valence-electron chi connectivity index (χ1n) is 7.03. The van der Waals surface area contributed by atoms with Crippen LogP contribution in [-0.2, 0) is 20.9 Å². The van der Waals surface area contributed by atoms with Crippen molar-refractivity contribution in [2.45, 2.75) is 19.4 Å². The largest absolute Gasteiger partial charge is 0.438 e. The van der Waals surface area contributed by atoms with Crippen molar-refractivity contribution in [1.82, 2.24) is 4.98 Å². The number of methoxy groups -OCH3 is 1. The molecule has 1 saturated heterocycles. The first kappa shape index (κ1) is 14.0. The van der Waals surface area contributed by atoms with Gasteiger partial charge in [0.25, 0.3) is 0 Å². The Hall–Kier alpha value is -1.92. The molecule has 1 N–H and O–H groups in total. The van der Waals surface area contributed by atoms with E-state index in [2.05, 4.69) is 10.3 Å². The molecular formula is C15H18N2O4. The summed E-state index contributed by atoms with van der Waals surface area (Å²) in [5, 5.41) is 2.91. The molecule has 0 radical (unpaired) electrons. The zero-order valence-electron chi connectivity index (χ0n) is 11.9. The second-order valence-electron chi connectivity index (χ2n) is 5.13. The Kier molecular flexibility index (Phi) is 4.17. The van der Waals surface area contributed by atoms with Gasteiger partial charge in [-0.3, -0.25) is 4.79 Å². The van der Waals surface area contributed by atoms with Crippen molar-refractivity contribution in [2.75, 3.05) is 25.6 Å². The minimum absolute atomic E-state index is 0.00494. The summed E-state index contributed by atoms with van der Waals surface area (Å²) in [6, 6.07) is 5.42. The van der Waals surface area contributed by atoms with E-state index in [9.17, 15) is 4.79 Å². The van der Waals surface area contributed by atoms with Gasteiger partial charge in [-0.2, -0.15) is 0 Å². The molecule has 1 aliphatic heterocycles. The van der Waals surface area contributed by atoms with Crippen LogP contribution in [0.25, 0.3) is 11.1 Å². The Morgan fingerprint density at radius 3 is 3.19 bits per heavy atom. The Labute approximate surface area is 122 Å². The molecule has 3 rings (SSSR count). The first-order valence-corrected chi connectivity index (χ1v) is 7.03. The van der Waals surface area contributed by atoms with Crippen LogP contribution >= 0.6 is 0 Å². The van der Waals surface area contributed by atoms with E-state index in [1.54, 1.807) is 19.2 Å². The number of carbonyl (C=O) groups is 1. The number of carbonyl (C=O) groups excluding carboxylic acids is 1. The van der Waals surface area contributed by atoms with Crippen molar-refractivity contribution in [3.63, 3.8) is 0 Å². The summed E-state index contributed by atoms with van der Waals surface area (Å²) in [5.74, 6) is 0.446. The Bertz CT molecular complexity index is 632. The number of hydrogen-bond acceptors (Lipinski definition) is 5. The maximum atomic E-state index is 12.2. The zero-order chi connectivity index (χ0) is 14.7. The number of anilines is 1. The van der Waals surface area contributed by atoms with Gasteiger partial charge >= 0.3 is 0 Å². The van der Waals surface area contributed by atoms with Crippen molar-refractivity contribution in [3.05, 3.63) is 24.1 Å². The van der Waals surface area contributed by atoms with Crippen LogP contribution in [-0.4, -0.2) is 31.2 Å². The highest BCUT2D eigenvalue weighted by Gasteiger charge is 2.21. The molecule has 6 heteroatoms. The van der Waals surface area contributed by atoms with E-state index >= 15 is 0 Å². The van der Waals surface area contributed by atoms with E-state index in [0.717, 1.165) is 25.1 Å². The maximum Gasteiger partial charge on any atom is 0.229 e. The highest BCUT2D eigenvalue weighted by molar-refractivity contribution is 5.94. The lowest BCUT2D eigenvalue weighted by Crippen LogP contribution is -2.30. The van der Waals surface area contributed by atoms with E-state index in [-0.39, 0.29) is 11.8 Å². The minimum atomic E-state index is -0.0733. The smallest absolute Gasteiger partial charge is 0.229 e. The number of hydrogen-bond donors (Lipinski definition) is 1. The number of fused-ring (bicyclic) bond motifs is 1. The normalized spacial score (nSPS) is 18.8. The monoisotopic (exact) mass is 290 g/mol. The van der Waals surface area contributed by atoms with Gasteiger partial charge in [0.05, 0.1) is 12.5 Å². The van der Waals surface area contributed by atoms with Crippen LogP contribution in [0.4, 0.5) is 5.69 Å². The average molecular weight is 290 g/mol. The second kappa shape index (κ2) is 6.24. The molecule has 2 aromatic rings. The van der Waals surface area contributed by atoms with Gasteiger partial charge < -0.3 is 19.2 Å². The van der Waals surface area contributed by atoms with E-state index in [1.165, 1.54) is 0 Å². The standard InChI is InChI=1S/C15H18N2O4/c1-19-9-14-17-12-7-11(4-5-13(12)21-14)16-15(18)10-3-2-6-20-8-10/h4-5,7,10H,2-3,6,8-9H2,1H3,(H,16,18). The first-order chi connectivity index (χ1) is 10.3. The van der Waals surface area contributed by atoms with E-state index < -0.39 is 0 Å². The summed E-state index contributed by atoms with van der Waals surface area (Å²) >= 11 is 0. The second-order valence-corrected chi connectivity index (χ2v) is 5.13. The lowest BCUT2D eigenvalue weighted by atomic mass is 10.0. The Morgan fingerprint density at radius 1 is 1.52 bits per heavy atom. The molecule has 1 unspecified atom stereocenters. The average Bonchev–Trinajstić information content (AvgIpc) is 2.90. The molecule has 21 heavy (non-hydrogen) atoms. The van der Waals surface area contributed by atoms with Gasteiger partial charge in [-0.15, -0.1) is 0 Å². The molecule has 0 spiro atoms. The summed E-state index contributed by atoms with van der Waals surface area (Å²) in [6.45, 7) is 1.57. The number of aromatic nitrogens is 1. The van der Waals surface area contributed by atoms with Crippen molar-refractivity contribution >= 4 is 22.7 Å². The van der Waals surface area contributed by atoms with Crippen molar-refractivity contribution in [2.24, 2.45) is 5.92 Å². The van der Waals surface area contributed by atoms with Gasteiger partial charge in [0.1, 0.15) is 12.1 Å². The molecule has 6 nitrogen and oxygen atoms in total. The van der Waals surface area contributed by atoms with Gasteiger partial charge in [0.15, 0.2) is 5.58 Å². The predicted molar refractivity (Wildman–Crippen MR) is 76.9 cm³/mol. The molecule has 0 aliphatic carbocycles. The van der Waals surface area contributed by atoms with Gasteiger partial charge in [-0.05, 0) is 31.0 Å². The molecule has 0 bridgehead atoms. The van der Waals surface area contributed by atoms with Crippen LogP contribution in [0.3, 0.4) is 0 Å². The lowest BCUT2D eigenvalue weighted by molar-refractivity contribution is -0.123. The molecule has 1 aromatic carbocycles. The molecule has 1 aromatic heterocycles. The number of amides is 1. The number of benzene rings is 1. The van der Waals surface area contributed by atoms with Crippen LogP contribution in [0, 0.1) is 5.92 Å². The zero-order valence-corrected chi connectivity index (χ0v) is 11.9. The van der Waals surface area contributed by atoms with Crippen molar-refractivity contribution in [3.8, 4) is 0 Å². The molecule has 1 amide bonds. The Morgan fingerprint density at radius 2 is 2.43 bits per heavy atom. The fraction of sp³-hybridized carbons (Fsp3) is 0.467. The number of ether oxygens (including phenoxy) is 2. The summed E-state index contributed by atoms with van der Waals surface area (Å²) in [7, 11) is 1.59. The molecule has 1 fully saturated rings. The third-order valence-electron chi connectivity index (χ3n) is 3.50. The quantitative estimate of drug-likeness (QED) is 0.935. The van der Waals surface area contributed by atoms with Crippen LogP contribution in [0.2, 0.25) is 0 Å². The maximum absolute atomic E-state index is 12.2. The lowest BCUT2D eigenvalue weighted by Gasteiger charge is -2.21. The van der Waals surface area contributed by atoms with Gasteiger partial charge in [0, 0.05) is 19.4 Å². The van der Waals surface area contributed by atoms with E-state index in [0.29, 0.717) is 30.2 Å². The van der Waals surface area contributed by atoms with Gasteiger partial charge in [-0.25, -0.2) is 4.98 Å². The van der Waals surface area contributed by atoms with E-state index in [4.69, 9.17) is 13.9 Å². The molecule has 0 saturated carbocycles. The summed E-state index contributed by atoms with van der Waals surface area (Å²) in [5.41, 5.74) is 2.11. The van der Waals surface area contributed by atoms with Gasteiger partial charge in [-0.1, -0.05) is 0 Å². The number of rotatable bonds is 4. The molecule has 112 valence electrons. The van der Waals surface area contributed by atoms with Gasteiger partial charge in [0.2, 0.25) is 11.8 Å². The SMILES string of the molecule is COCc1nc2cc(NC(=O)C3CCCOC3)ccc2o1. The summed E-state index contributed by atoms with van der Waals surface area (Å²) < 4.78 is 15.8. The fourth-order valence-electron chi connectivity index (χ4n) is 2.43. The minimum Gasteiger partial charge on any atom is -0.438 e. The molecule has 1 atom stereocenters. The van der Waals surface area contributed by atoms with Crippen LogP contribution in [0.1, 0.15) is 18.7 Å². The number of nitrogens with zero attached hydrogens (tertiary/aromatic N) is 1. The number of oxazole rings is 1. The molecular weight excluding hydrogens is 272 g/mol. The van der Waals surface area contributed by atoms with Crippen molar-refractivity contribution in [1.29, 1.82) is 0 Å². The van der Waals surface area contributed by atoms with Crippen LogP contribution in [0.5, 0.6) is 0 Å². The van der Waals surface area contributed by atoms with Crippen LogP contribution < -0.4 is 5.32 Å². The summed E-state index contributed by atoms with van der Waals surface area (Å²) in [4.78, 5) is 16.5. The molecule has 1 aliphatic rings. The third kappa shape index (κ3) is 3.22. The van der Waals surface area contributed by atoms with Crippen molar-refractivity contribution < 1.29 is 18.7 Å². The molecule has 2 heterocycles. The number of nitrogens with one attached hydrogen (secondary N) is 1. The highest BCUT2D eigenvalue weighted by Crippen LogP contribution is 2.22.